The Bertz CT molecular complexity index is 988. The zero-order valence-electron chi connectivity index (χ0n) is 17.8. The maximum absolute atomic E-state index is 13.3. The van der Waals surface area contributed by atoms with Crippen LogP contribution >= 0.6 is 11.8 Å². The second-order valence-corrected chi connectivity index (χ2v) is 8.52. The highest BCUT2D eigenvalue weighted by atomic mass is 32.2. The van der Waals surface area contributed by atoms with Gasteiger partial charge in [-0.05, 0) is 40.7 Å². The van der Waals surface area contributed by atoms with Crippen molar-refractivity contribution >= 4 is 29.7 Å². The van der Waals surface area contributed by atoms with E-state index in [4.69, 9.17) is 9.84 Å². The molecule has 10 heteroatoms. The molecule has 0 saturated heterocycles. The predicted octanol–water partition coefficient (Wildman–Crippen LogP) is 3.48. The molecule has 2 amide bonds. The van der Waals surface area contributed by atoms with E-state index in [-0.39, 0.29) is 18.9 Å². The van der Waals surface area contributed by atoms with Crippen molar-refractivity contribution in [1.82, 2.24) is 10.6 Å². The molecule has 0 heterocycles. The number of amides is 2. The first-order chi connectivity index (χ1) is 15.7. The van der Waals surface area contributed by atoms with Crippen LogP contribution in [0.4, 0.5) is 13.6 Å². The molecule has 33 heavy (non-hydrogen) atoms. The van der Waals surface area contributed by atoms with Crippen molar-refractivity contribution < 1.29 is 33.0 Å². The number of thioether (sulfide) groups is 1. The lowest BCUT2D eigenvalue weighted by Crippen LogP contribution is -2.51. The Hall–Kier alpha value is -3.14. The summed E-state index contributed by atoms with van der Waals surface area (Å²) in [7, 11) is 0. The van der Waals surface area contributed by atoms with Gasteiger partial charge >= 0.3 is 18.0 Å². The van der Waals surface area contributed by atoms with E-state index in [1.807, 2.05) is 53.8 Å². The second kappa shape index (κ2) is 10.7. The molecule has 2 aromatic carbocycles. The highest BCUT2D eigenvalue weighted by Gasteiger charge is 2.39. The number of aliphatic carboxylic acids is 1. The van der Waals surface area contributed by atoms with Gasteiger partial charge in [-0.3, -0.25) is 4.79 Å². The van der Waals surface area contributed by atoms with Crippen molar-refractivity contribution in [3.05, 3.63) is 59.7 Å². The van der Waals surface area contributed by atoms with Crippen LogP contribution in [-0.2, 0) is 14.3 Å². The third-order valence-corrected chi connectivity index (χ3v) is 6.00. The molecule has 3 N–H and O–H groups in total. The molecule has 0 aromatic heterocycles. The van der Waals surface area contributed by atoms with Crippen LogP contribution in [0.1, 0.15) is 23.5 Å². The maximum atomic E-state index is 13.3. The van der Waals surface area contributed by atoms with Crippen LogP contribution < -0.4 is 10.6 Å². The van der Waals surface area contributed by atoms with Crippen LogP contribution in [0.3, 0.4) is 0 Å². The molecule has 7 nitrogen and oxygen atoms in total. The summed E-state index contributed by atoms with van der Waals surface area (Å²) in [5.41, 5.74) is 4.19. The molecule has 0 fully saturated rings. The molecule has 1 atom stereocenters. The third-order valence-electron chi connectivity index (χ3n) is 5.36. The number of carboxylic acids is 1. The number of halogens is 2. The normalized spacial score (nSPS) is 13.5. The summed E-state index contributed by atoms with van der Waals surface area (Å²) in [4.78, 5) is 35.3. The minimum atomic E-state index is -4.11. The molecule has 0 aliphatic heterocycles. The number of carbonyl (C=O) groups is 3. The number of ether oxygens (including phenoxy) is 1. The van der Waals surface area contributed by atoms with E-state index < -0.39 is 36.5 Å². The lowest BCUT2D eigenvalue weighted by molar-refractivity contribution is -0.164. The Morgan fingerprint density at radius 2 is 1.67 bits per heavy atom. The molecule has 0 unspecified atom stereocenters. The topological polar surface area (TPSA) is 105 Å². The fraction of sp³-hybridized carbons (Fsp3) is 0.348. The summed E-state index contributed by atoms with van der Waals surface area (Å²) in [6.45, 7) is -1.34. The molecule has 0 bridgehead atoms. The van der Waals surface area contributed by atoms with Crippen LogP contribution in [0.15, 0.2) is 48.5 Å². The van der Waals surface area contributed by atoms with Gasteiger partial charge in [-0.2, -0.15) is 20.5 Å². The van der Waals surface area contributed by atoms with Crippen molar-refractivity contribution in [3.8, 4) is 11.1 Å². The zero-order chi connectivity index (χ0) is 24.0. The van der Waals surface area contributed by atoms with Gasteiger partial charge in [0, 0.05) is 5.92 Å². The van der Waals surface area contributed by atoms with Crippen molar-refractivity contribution in [2.45, 2.75) is 24.3 Å². The van der Waals surface area contributed by atoms with E-state index in [1.54, 1.807) is 6.26 Å². The fourth-order valence-electron chi connectivity index (χ4n) is 3.68. The molecule has 0 saturated carbocycles. The van der Waals surface area contributed by atoms with Gasteiger partial charge in [-0.15, -0.1) is 0 Å². The number of alkyl halides is 2. The smallest absolute Gasteiger partial charge is 0.407 e. The zero-order valence-corrected chi connectivity index (χ0v) is 18.7. The largest absolute Gasteiger partial charge is 0.477 e. The first-order valence-electron chi connectivity index (χ1n) is 10.2. The van der Waals surface area contributed by atoms with Crippen molar-refractivity contribution in [1.29, 1.82) is 0 Å². The van der Waals surface area contributed by atoms with Crippen molar-refractivity contribution in [2.24, 2.45) is 0 Å². The van der Waals surface area contributed by atoms with Gasteiger partial charge < -0.3 is 20.5 Å². The highest BCUT2D eigenvalue weighted by molar-refractivity contribution is 7.98. The SMILES string of the molecule is CSCC[C@@H](NC(=O)OCC1c2ccccc2-c2ccccc21)C(=O)NCC(F)(F)C(=O)O. The molecular formula is C23H24F2N2O5S. The van der Waals surface area contributed by atoms with Gasteiger partial charge in [0.2, 0.25) is 5.91 Å². The van der Waals surface area contributed by atoms with Crippen LogP contribution in [0, 0.1) is 0 Å². The summed E-state index contributed by atoms with van der Waals surface area (Å²) in [5.74, 6) is -7.05. The first-order valence-corrected chi connectivity index (χ1v) is 11.6. The van der Waals surface area contributed by atoms with Gasteiger partial charge in [-0.25, -0.2) is 9.59 Å². The average Bonchev–Trinajstić information content (AvgIpc) is 3.12. The Morgan fingerprint density at radius 3 is 2.21 bits per heavy atom. The quantitative estimate of drug-likeness (QED) is 0.483. The molecule has 1 aliphatic rings. The number of nitrogens with one attached hydrogen (secondary N) is 2. The van der Waals surface area contributed by atoms with Gasteiger partial charge in [0.15, 0.2) is 0 Å². The van der Waals surface area contributed by atoms with Crippen LogP contribution in [0.2, 0.25) is 0 Å². The Kier molecular flexibility index (Phi) is 7.91. The number of carbonyl (C=O) groups excluding carboxylic acids is 2. The molecular weight excluding hydrogens is 454 g/mol. The van der Waals surface area contributed by atoms with E-state index in [0.29, 0.717) is 5.75 Å². The van der Waals surface area contributed by atoms with Gasteiger partial charge in [0.1, 0.15) is 12.6 Å². The highest BCUT2D eigenvalue weighted by Crippen LogP contribution is 2.44. The van der Waals surface area contributed by atoms with Crippen LogP contribution in [0.5, 0.6) is 0 Å². The average molecular weight is 479 g/mol. The number of hydrogen-bond donors (Lipinski definition) is 3. The molecule has 176 valence electrons. The molecule has 0 radical (unpaired) electrons. The second-order valence-electron chi connectivity index (χ2n) is 7.53. The number of rotatable bonds is 10. The lowest BCUT2D eigenvalue weighted by atomic mass is 9.98. The molecule has 1 aliphatic carbocycles. The molecule has 3 rings (SSSR count). The summed E-state index contributed by atoms with van der Waals surface area (Å²) < 4.78 is 32.0. The summed E-state index contributed by atoms with van der Waals surface area (Å²) in [6, 6.07) is 14.5. The summed E-state index contributed by atoms with van der Waals surface area (Å²) in [5, 5.41) is 12.8. The number of hydrogen-bond acceptors (Lipinski definition) is 5. The van der Waals surface area contributed by atoms with E-state index in [2.05, 4.69) is 5.32 Å². The van der Waals surface area contributed by atoms with E-state index in [1.165, 1.54) is 11.8 Å². The number of benzene rings is 2. The van der Waals surface area contributed by atoms with Gasteiger partial charge in [0.25, 0.3) is 0 Å². The van der Waals surface area contributed by atoms with Crippen LogP contribution in [0.25, 0.3) is 11.1 Å². The predicted molar refractivity (Wildman–Crippen MR) is 121 cm³/mol. The van der Waals surface area contributed by atoms with E-state index >= 15 is 0 Å². The minimum absolute atomic E-state index is 0.0355. The Balaban J connectivity index is 1.63. The van der Waals surface area contributed by atoms with Gasteiger partial charge in [-0.1, -0.05) is 48.5 Å². The Labute approximate surface area is 193 Å². The first kappa shape index (κ1) is 24.5. The van der Waals surface area contributed by atoms with Crippen molar-refractivity contribution in [3.63, 3.8) is 0 Å². The van der Waals surface area contributed by atoms with E-state index in [9.17, 15) is 23.2 Å². The van der Waals surface area contributed by atoms with Crippen LogP contribution in [-0.4, -0.2) is 60.2 Å². The standard InChI is InChI=1S/C23H24F2N2O5S/c1-33-11-10-19(20(28)26-13-23(24,25)21(29)30)27-22(31)32-12-18-16-8-4-2-6-14(16)15-7-3-5-9-17(15)18/h2-9,18-19H,10-13H2,1H3,(H,26,28)(H,27,31)(H,29,30)/t19-/m1/s1. The Morgan fingerprint density at radius 1 is 1.09 bits per heavy atom. The summed E-state index contributed by atoms with van der Waals surface area (Å²) in [6.07, 6.45) is 1.10. The third kappa shape index (κ3) is 5.81. The fourth-order valence-corrected chi connectivity index (χ4v) is 4.16. The number of fused-ring (bicyclic) bond motifs is 3. The summed E-state index contributed by atoms with van der Waals surface area (Å²) >= 11 is 1.41. The molecule has 0 spiro atoms. The number of carboxylic acid groups (broad SMARTS) is 1. The maximum Gasteiger partial charge on any atom is 0.407 e. The minimum Gasteiger partial charge on any atom is -0.477 e. The van der Waals surface area contributed by atoms with Crippen molar-refractivity contribution in [2.75, 3.05) is 25.2 Å². The van der Waals surface area contributed by atoms with Gasteiger partial charge in [0.05, 0.1) is 6.54 Å². The molecule has 2 aromatic rings. The van der Waals surface area contributed by atoms with E-state index in [0.717, 1.165) is 22.3 Å². The number of alkyl carbamates (subject to hydrolysis) is 1. The lowest BCUT2D eigenvalue weighted by Gasteiger charge is -2.20. The monoisotopic (exact) mass is 478 g/mol.